The monoisotopic (exact) mass is 310 g/mol. The maximum Gasteiger partial charge on any atom is 0.226 e. The van der Waals surface area contributed by atoms with E-state index < -0.39 is 11.9 Å². The maximum atomic E-state index is 11.0. The molecule has 1 N–H and O–H groups in total. The van der Waals surface area contributed by atoms with Crippen molar-refractivity contribution in [3.8, 4) is 0 Å². The largest absolute Gasteiger partial charge is 0.382 e. The Balaban J connectivity index is 2.50. The van der Waals surface area contributed by atoms with Gasteiger partial charge >= 0.3 is 0 Å². The molecule has 0 saturated carbocycles. The number of aliphatic hydroxyl groups excluding tert-OH is 1. The van der Waals surface area contributed by atoms with E-state index >= 15 is 0 Å². The van der Waals surface area contributed by atoms with Crippen LogP contribution < -0.4 is 0 Å². The third-order valence-electron chi connectivity index (χ3n) is 3.48. The third kappa shape index (κ3) is 3.96. The summed E-state index contributed by atoms with van der Waals surface area (Å²) >= 11 is 0. The average molecular weight is 310 g/mol. The molecule has 0 aliphatic heterocycles. The van der Waals surface area contributed by atoms with E-state index in [1.165, 1.54) is 0 Å². The minimum Gasteiger partial charge on any atom is -0.382 e. The van der Waals surface area contributed by atoms with Crippen molar-refractivity contribution in [3.05, 3.63) is 97.1 Å². The van der Waals surface area contributed by atoms with Crippen molar-refractivity contribution in [2.75, 3.05) is 13.2 Å². The summed E-state index contributed by atoms with van der Waals surface area (Å²) in [6.07, 6.45) is 2.27. The molecule has 0 heterocycles. The standard InChI is InChI=1S/C20H22O3/c1-3-15-22-20(23-16-4-2,18-13-9-6-10-14-18)19(21)17-11-7-5-8-12-17/h3-14,19,21H,1-2,15-16H2. The van der Waals surface area contributed by atoms with Crippen LogP contribution in [0.1, 0.15) is 17.2 Å². The normalized spacial score (nSPS) is 12.6. The highest BCUT2D eigenvalue weighted by Gasteiger charge is 2.43. The Hall–Kier alpha value is -2.20. The first-order valence-electron chi connectivity index (χ1n) is 7.53. The van der Waals surface area contributed by atoms with Gasteiger partial charge in [0.2, 0.25) is 5.79 Å². The molecule has 120 valence electrons. The van der Waals surface area contributed by atoms with Gasteiger partial charge in [-0.2, -0.15) is 0 Å². The highest BCUT2D eigenvalue weighted by atomic mass is 16.7. The zero-order valence-corrected chi connectivity index (χ0v) is 13.1. The van der Waals surface area contributed by atoms with Crippen LogP contribution in [-0.4, -0.2) is 18.3 Å². The van der Waals surface area contributed by atoms with Crippen LogP contribution in [0.25, 0.3) is 0 Å². The molecule has 1 unspecified atom stereocenters. The number of hydrogen-bond donors (Lipinski definition) is 1. The molecular formula is C20H22O3. The molecule has 0 amide bonds. The van der Waals surface area contributed by atoms with E-state index in [0.29, 0.717) is 5.56 Å². The predicted octanol–water partition coefficient (Wildman–Crippen LogP) is 3.98. The number of hydrogen-bond acceptors (Lipinski definition) is 3. The van der Waals surface area contributed by atoms with Crippen molar-refractivity contribution in [1.82, 2.24) is 0 Å². The second-order valence-corrected chi connectivity index (χ2v) is 5.05. The van der Waals surface area contributed by atoms with Gasteiger partial charge in [0.25, 0.3) is 0 Å². The summed E-state index contributed by atoms with van der Waals surface area (Å²) in [5, 5.41) is 11.0. The quantitative estimate of drug-likeness (QED) is 0.562. The summed E-state index contributed by atoms with van der Waals surface area (Å²) in [5.41, 5.74) is 1.45. The zero-order chi connectivity index (χ0) is 16.5. The Kier molecular flexibility index (Phi) is 6.29. The Labute approximate surface area is 137 Å². The van der Waals surface area contributed by atoms with Gasteiger partial charge in [0.1, 0.15) is 6.10 Å². The molecule has 3 heteroatoms. The van der Waals surface area contributed by atoms with E-state index in [0.717, 1.165) is 5.56 Å². The number of rotatable bonds is 9. The minimum atomic E-state index is -1.33. The highest BCUT2D eigenvalue weighted by molar-refractivity contribution is 5.28. The fourth-order valence-electron chi connectivity index (χ4n) is 2.41. The SMILES string of the molecule is C=CCOC(OCC=C)(c1ccccc1)C(O)c1ccccc1. The van der Waals surface area contributed by atoms with Crippen molar-refractivity contribution in [2.24, 2.45) is 0 Å². The Morgan fingerprint density at radius 1 is 0.870 bits per heavy atom. The molecule has 0 radical (unpaired) electrons. The summed E-state index contributed by atoms with van der Waals surface area (Å²) in [6, 6.07) is 18.8. The van der Waals surface area contributed by atoms with Crippen molar-refractivity contribution in [3.63, 3.8) is 0 Å². The van der Waals surface area contributed by atoms with Crippen LogP contribution >= 0.6 is 0 Å². The lowest BCUT2D eigenvalue weighted by Crippen LogP contribution is -2.40. The van der Waals surface area contributed by atoms with Crippen molar-refractivity contribution >= 4 is 0 Å². The lowest BCUT2D eigenvalue weighted by Gasteiger charge is -2.37. The Morgan fingerprint density at radius 2 is 1.35 bits per heavy atom. The topological polar surface area (TPSA) is 38.7 Å². The van der Waals surface area contributed by atoms with E-state index in [9.17, 15) is 5.11 Å². The van der Waals surface area contributed by atoms with Gasteiger partial charge in [-0.25, -0.2) is 0 Å². The van der Waals surface area contributed by atoms with E-state index in [1.807, 2.05) is 60.7 Å². The molecule has 0 bridgehead atoms. The number of aliphatic hydroxyl groups is 1. The van der Waals surface area contributed by atoms with Gasteiger partial charge in [-0.15, -0.1) is 13.2 Å². The zero-order valence-electron chi connectivity index (χ0n) is 13.1. The van der Waals surface area contributed by atoms with Gasteiger partial charge in [-0.3, -0.25) is 0 Å². The van der Waals surface area contributed by atoms with Crippen molar-refractivity contribution < 1.29 is 14.6 Å². The van der Waals surface area contributed by atoms with Gasteiger partial charge in [-0.1, -0.05) is 72.8 Å². The van der Waals surface area contributed by atoms with Gasteiger partial charge in [0.05, 0.1) is 13.2 Å². The lowest BCUT2D eigenvalue weighted by atomic mass is 9.94. The van der Waals surface area contributed by atoms with Crippen molar-refractivity contribution in [2.45, 2.75) is 11.9 Å². The molecule has 2 rings (SSSR count). The van der Waals surface area contributed by atoms with E-state index in [1.54, 1.807) is 12.2 Å². The fraction of sp³-hybridized carbons (Fsp3) is 0.200. The molecule has 0 aliphatic carbocycles. The predicted molar refractivity (Wildman–Crippen MR) is 91.8 cm³/mol. The second-order valence-electron chi connectivity index (χ2n) is 5.05. The van der Waals surface area contributed by atoms with Crippen LogP contribution in [0.15, 0.2) is 86.0 Å². The first kappa shape index (κ1) is 17.2. The molecule has 0 spiro atoms. The molecule has 23 heavy (non-hydrogen) atoms. The van der Waals surface area contributed by atoms with Crippen LogP contribution in [0.3, 0.4) is 0 Å². The molecule has 0 aromatic heterocycles. The molecule has 0 fully saturated rings. The van der Waals surface area contributed by atoms with Gasteiger partial charge in [-0.05, 0) is 5.56 Å². The van der Waals surface area contributed by atoms with Crippen LogP contribution in [0, 0.1) is 0 Å². The molecule has 1 atom stereocenters. The first-order valence-corrected chi connectivity index (χ1v) is 7.53. The second kappa shape index (κ2) is 8.44. The summed E-state index contributed by atoms with van der Waals surface area (Å²) in [5.74, 6) is -1.33. The molecule has 2 aromatic rings. The molecule has 3 nitrogen and oxygen atoms in total. The Morgan fingerprint density at radius 3 is 1.83 bits per heavy atom. The first-order chi connectivity index (χ1) is 11.2. The van der Waals surface area contributed by atoms with Crippen molar-refractivity contribution in [1.29, 1.82) is 0 Å². The smallest absolute Gasteiger partial charge is 0.226 e. The number of ether oxygens (including phenoxy) is 2. The highest BCUT2D eigenvalue weighted by Crippen LogP contribution is 2.40. The van der Waals surface area contributed by atoms with Crippen LogP contribution in [0.4, 0.5) is 0 Å². The molecule has 0 saturated heterocycles. The van der Waals surface area contributed by atoms with Gasteiger partial charge in [0.15, 0.2) is 0 Å². The number of benzene rings is 2. The molecule has 2 aromatic carbocycles. The van der Waals surface area contributed by atoms with Crippen LogP contribution in [0.2, 0.25) is 0 Å². The molecule has 0 aliphatic rings. The van der Waals surface area contributed by atoms with Gasteiger partial charge in [0, 0.05) is 5.56 Å². The van der Waals surface area contributed by atoms with E-state index in [2.05, 4.69) is 13.2 Å². The minimum absolute atomic E-state index is 0.246. The summed E-state index contributed by atoms with van der Waals surface area (Å²) in [4.78, 5) is 0. The van der Waals surface area contributed by atoms with E-state index in [-0.39, 0.29) is 13.2 Å². The van der Waals surface area contributed by atoms with E-state index in [4.69, 9.17) is 9.47 Å². The average Bonchev–Trinajstić information content (AvgIpc) is 2.63. The maximum absolute atomic E-state index is 11.0. The summed E-state index contributed by atoms with van der Waals surface area (Å²) in [6.45, 7) is 7.87. The molecular weight excluding hydrogens is 288 g/mol. The van der Waals surface area contributed by atoms with Crippen LogP contribution in [-0.2, 0) is 15.3 Å². The summed E-state index contributed by atoms with van der Waals surface area (Å²) < 4.78 is 11.9. The third-order valence-corrected chi connectivity index (χ3v) is 3.48. The fourth-order valence-corrected chi connectivity index (χ4v) is 2.41. The van der Waals surface area contributed by atoms with Crippen LogP contribution in [0.5, 0.6) is 0 Å². The van der Waals surface area contributed by atoms with Gasteiger partial charge < -0.3 is 14.6 Å². The summed E-state index contributed by atoms with van der Waals surface area (Å²) in [7, 11) is 0. The lowest BCUT2D eigenvalue weighted by molar-refractivity contribution is -0.287. The Bertz CT molecular complexity index is 595.